The summed E-state index contributed by atoms with van der Waals surface area (Å²) in [4.78, 5) is 4.78. The molecule has 1 aliphatic heterocycles. The quantitative estimate of drug-likeness (QED) is 0.127. The third kappa shape index (κ3) is 17.8. The molecule has 8 heteroatoms. The van der Waals surface area contributed by atoms with Gasteiger partial charge >= 0.3 is 112 Å². The number of hydrogen-bond acceptors (Lipinski definition) is 3. The van der Waals surface area contributed by atoms with Gasteiger partial charge in [-0.05, 0) is 25.7 Å². The van der Waals surface area contributed by atoms with Gasteiger partial charge in [-0.25, -0.2) is 11.9 Å². The maximum absolute atomic E-state index is 7.67. The van der Waals surface area contributed by atoms with E-state index in [1.807, 2.05) is 39.2 Å². The fourth-order valence-corrected chi connectivity index (χ4v) is 3.19. The van der Waals surface area contributed by atoms with Gasteiger partial charge < -0.3 is 28.0 Å². The Labute approximate surface area is 316 Å². The molecule has 183 valence electrons. The maximum Gasteiger partial charge on any atom is 2.00 e. The van der Waals surface area contributed by atoms with Crippen LogP contribution in [0.15, 0.2) is 67.3 Å². The van der Waals surface area contributed by atoms with Crippen LogP contribution in [0.25, 0.3) is 5.32 Å². The Morgan fingerprint density at radius 1 is 1.19 bits per heavy atom. The van der Waals surface area contributed by atoms with Crippen molar-refractivity contribution in [2.75, 3.05) is 38.1 Å². The maximum atomic E-state index is 7.67. The Morgan fingerprint density at radius 3 is 2.41 bits per heavy atom. The molecule has 1 radical (unpaired) electrons. The van der Waals surface area contributed by atoms with Crippen LogP contribution >= 0.6 is 0 Å². The summed E-state index contributed by atoms with van der Waals surface area (Å²) in [5.74, 6) is 0.292. The Hall–Kier alpha value is 0.643. The number of anilines is 1. The second kappa shape index (κ2) is 25.6. The van der Waals surface area contributed by atoms with Crippen molar-refractivity contribution < 1.29 is 112 Å². The molecule has 1 aliphatic rings. The minimum absolute atomic E-state index is 0. The molecule has 0 unspecified atom stereocenters. The molecule has 37 heavy (non-hydrogen) atoms. The van der Waals surface area contributed by atoms with E-state index in [0.717, 1.165) is 49.2 Å². The number of allylic oxidation sites excluding steroid dienone is 3. The molecule has 2 aromatic rings. The molecule has 0 atom stereocenters. The van der Waals surface area contributed by atoms with Crippen LogP contribution in [0, 0.1) is 62.2 Å². The van der Waals surface area contributed by atoms with E-state index in [1.54, 1.807) is 18.2 Å². The average Bonchev–Trinajstić information content (AvgIpc) is 2.86. The number of nitrogens with zero attached hydrogens (tertiary/aromatic N) is 3. The summed E-state index contributed by atoms with van der Waals surface area (Å²) in [7, 11) is 4.18. The van der Waals surface area contributed by atoms with E-state index in [1.165, 1.54) is 5.69 Å². The zero-order chi connectivity index (χ0) is 23.9. The van der Waals surface area contributed by atoms with Crippen LogP contribution in [0.4, 0.5) is 5.69 Å². The molecule has 0 spiro atoms. The summed E-state index contributed by atoms with van der Waals surface area (Å²) >= 11 is 0. The largest absolute Gasteiger partial charge is 2.00 e. The number of likely N-dealkylation sites (N-methyl/N-ethyl adjacent to an activating group) is 1. The van der Waals surface area contributed by atoms with Crippen molar-refractivity contribution in [3.05, 3.63) is 109 Å². The van der Waals surface area contributed by atoms with Crippen molar-refractivity contribution in [2.45, 2.75) is 26.7 Å². The summed E-state index contributed by atoms with van der Waals surface area (Å²) in [6, 6.07) is 17.5. The minimum Gasteiger partial charge on any atom is -0.575 e. The van der Waals surface area contributed by atoms with E-state index < -0.39 is 0 Å². The molecule has 1 saturated heterocycles. The zero-order valence-electron chi connectivity index (χ0n) is 23.6. The molecule has 2 aromatic carbocycles. The fraction of sp³-hybridized carbons (Fsp3) is 0.310. The van der Waals surface area contributed by atoms with Gasteiger partial charge in [0.25, 0.3) is 0 Å². The number of amidine groups is 1. The zero-order valence-corrected chi connectivity index (χ0v) is 32.9. The summed E-state index contributed by atoms with van der Waals surface area (Å²) in [5, 5.41) is 11.9. The summed E-state index contributed by atoms with van der Waals surface area (Å²) in [6.45, 7) is 12.5. The SMILES string of the molecule is C=CC=[C-]c1cc[c-]c([B]C)c1.CC[C-]=CC(=N)[N-]Cc1ccc(N2CCN(C)CC2)cc1.[CH3-].[K+].[Na+].[U+2]. The van der Waals surface area contributed by atoms with E-state index in [-0.39, 0.29) is 119 Å². The molecule has 0 aromatic heterocycles. The Bertz CT molecular complexity index is 930. The van der Waals surface area contributed by atoms with Crippen LogP contribution in [0.3, 0.4) is 0 Å². The second-order valence-corrected chi connectivity index (χ2v) is 7.73. The van der Waals surface area contributed by atoms with Gasteiger partial charge in [0.1, 0.15) is 7.28 Å². The summed E-state index contributed by atoms with van der Waals surface area (Å²) in [6.07, 6.45) is 12.0. The van der Waals surface area contributed by atoms with Crippen LogP contribution in [0.1, 0.15) is 24.5 Å². The Kier molecular flexibility index (Phi) is 29.1. The van der Waals surface area contributed by atoms with Crippen molar-refractivity contribution in [2.24, 2.45) is 0 Å². The molecule has 0 bridgehead atoms. The number of nitrogens with one attached hydrogen (secondary N) is 1. The van der Waals surface area contributed by atoms with Crippen molar-refractivity contribution in [1.82, 2.24) is 4.90 Å². The molecular weight excluding hydrogens is 715 g/mol. The monoisotopic (exact) mass is 752 g/mol. The van der Waals surface area contributed by atoms with E-state index in [0.29, 0.717) is 12.4 Å². The third-order valence-electron chi connectivity index (χ3n) is 5.18. The normalized spacial score (nSPS) is 12.6. The molecule has 1 heterocycles. The molecule has 1 N–H and O–H groups in total. The van der Waals surface area contributed by atoms with Crippen LogP contribution in [-0.4, -0.2) is 51.2 Å². The van der Waals surface area contributed by atoms with Crippen LogP contribution in [0.2, 0.25) is 6.82 Å². The number of rotatable bonds is 8. The first-order valence-electron chi connectivity index (χ1n) is 11.4. The average molecular weight is 753 g/mol. The number of piperazine rings is 1. The molecule has 3 rings (SSSR count). The van der Waals surface area contributed by atoms with Crippen molar-refractivity contribution in [3.63, 3.8) is 0 Å². The molecule has 0 saturated carbocycles. The molecule has 1 fully saturated rings. The topological polar surface area (TPSA) is 44.4 Å². The van der Waals surface area contributed by atoms with Gasteiger partial charge in [-0.15, -0.1) is 25.2 Å². The smallest absolute Gasteiger partial charge is 0.575 e. The number of hydrogen-bond donors (Lipinski definition) is 1. The minimum atomic E-state index is 0. The fourth-order valence-electron chi connectivity index (χ4n) is 3.19. The van der Waals surface area contributed by atoms with E-state index in [9.17, 15) is 0 Å². The Balaban J connectivity index is -0.000000631. The molecular formula is C29H37BKN4NaU-. The van der Waals surface area contributed by atoms with Gasteiger partial charge in [0.2, 0.25) is 0 Å². The molecule has 4 nitrogen and oxygen atoms in total. The van der Waals surface area contributed by atoms with Gasteiger partial charge in [0, 0.05) is 31.9 Å². The predicted octanol–water partition coefficient (Wildman–Crippen LogP) is -0.725. The van der Waals surface area contributed by atoms with Crippen molar-refractivity contribution >= 4 is 24.3 Å². The third-order valence-corrected chi connectivity index (χ3v) is 5.18. The molecule has 0 aliphatic carbocycles. The molecule has 0 amide bonds. The van der Waals surface area contributed by atoms with E-state index in [4.69, 9.17) is 5.41 Å². The standard InChI is InChI=1S/C17H24N4.C11H10B.CH3.K.Na.U/c1-3-4-5-17(18)19-14-15-6-8-16(9-7-15)21-12-10-20(2)11-13-21;1-3-4-6-10-7-5-8-11(9-10)12-2;;;;/h5-9H,3,10-14H2,1-2H3,(H-,18,19);3-5,7,9H,1H2,2H3;1H3;;;/q2*-2;-1;2*+1;+2. The van der Waals surface area contributed by atoms with E-state index in [2.05, 4.69) is 71.2 Å². The summed E-state index contributed by atoms with van der Waals surface area (Å²) in [5.41, 5.74) is 4.57. The van der Waals surface area contributed by atoms with Gasteiger partial charge in [-0.1, -0.05) is 31.4 Å². The second-order valence-electron chi connectivity index (χ2n) is 7.73. The van der Waals surface area contributed by atoms with Crippen LogP contribution in [0.5, 0.6) is 0 Å². The first-order valence-corrected chi connectivity index (χ1v) is 11.4. The van der Waals surface area contributed by atoms with Gasteiger partial charge in [0.05, 0.1) is 0 Å². The first kappa shape index (κ1) is 42.1. The van der Waals surface area contributed by atoms with Crippen molar-refractivity contribution in [1.29, 1.82) is 5.41 Å². The first-order chi connectivity index (χ1) is 16.0. The van der Waals surface area contributed by atoms with Gasteiger partial charge in [-0.2, -0.15) is 41.4 Å². The predicted molar refractivity (Wildman–Crippen MR) is 149 cm³/mol. The van der Waals surface area contributed by atoms with Crippen LogP contribution in [-0.2, 0) is 6.54 Å². The van der Waals surface area contributed by atoms with Crippen molar-refractivity contribution in [3.8, 4) is 0 Å². The van der Waals surface area contributed by atoms with Crippen LogP contribution < -0.4 is 91.3 Å². The Morgan fingerprint density at radius 2 is 1.84 bits per heavy atom. The van der Waals surface area contributed by atoms with E-state index >= 15 is 0 Å². The van der Waals surface area contributed by atoms with Gasteiger partial charge in [0.15, 0.2) is 0 Å². The number of benzene rings is 2. The van der Waals surface area contributed by atoms with Gasteiger partial charge in [-0.3, -0.25) is 6.08 Å². The summed E-state index contributed by atoms with van der Waals surface area (Å²) < 4.78 is 0.